The molecule has 118 valence electrons. The van der Waals surface area contributed by atoms with Crippen molar-refractivity contribution in [3.8, 4) is 0 Å². The second-order valence-electron chi connectivity index (χ2n) is 5.04. The molecule has 0 heterocycles. The van der Waals surface area contributed by atoms with E-state index in [1.165, 1.54) is 0 Å². The number of primary sulfonamides is 1. The molecule has 0 bridgehead atoms. The Kier molecular flexibility index (Phi) is 6.04. The van der Waals surface area contributed by atoms with Crippen molar-refractivity contribution in [1.82, 2.24) is 5.32 Å². The van der Waals surface area contributed by atoms with Gasteiger partial charge in [-0.15, -0.1) is 0 Å². The number of sulfonamides is 1. The molecule has 1 atom stereocenters. The van der Waals surface area contributed by atoms with Gasteiger partial charge in [0.25, 0.3) is 5.91 Å². The van der Waals surface area contributed by atoms with Crippen molar-refractivity contribution < 1.29 is 13.2 Å². The third-order valence-corrected chi connectivity index (χ3v) is 4.83. The lowest BCUT2D eigenvalue weighted by Gasteiger charge is -2.21. The van der Waals surface area contributed by atoms with E-state index in [2.05, 4.69) is 5.32 Å². The summed E-state index contributed by atoms with van der Waals surface area (Å²) in [7, 11) is -3.97. The smallest absolute Gasteiger partial charge is 0.253 e. The first-order valence-electron chi connectivity index (χ1n) is 6.40. The lowest BCUT2D eigenvalue weighted by atomic mass is 10.0. The van der Waals surface area contributed by atoms with Gasteiger partial charge in [-0.05, 0) is 24.5 Å². The van der Waals surface area contributed by atoms with E-state index < -0.39 is 15.9 Å². The van der Waals surface area contributed by atoms with Crippen LogP contribution in [0.25, 0.3) is 0 Å². The van der Waals surface area contributed by atoms with E-state index in [0.717, 1.165) is 18.6 Å². The van der Waals surface area contributed by atoms with Gasteiger partial charge >= 0.3 is 0 Å². The number of nitrogens with one attached hydrogen (secondary N) is 1. The zero-order valence-electron chi connectivity index (χ0n) is 12.0. The summed E-state index contributed by atoms with van der Waals surface area (Å²) in [5.41, 5.74) is -0.00714. The molecule has 0 aliphatic carbocycles. The van der Waals surface area contributed by atoms with Crippen LogP contribution in [-0.2, 0) is 10.0 Å². The summed E-state index contributed by atoms with van der Waals surface area (Å²) < 4.78 is 22.8. The molecule has 1 aromatic rings. The molecule has 0 spiro atoms. The highest BCUT2D eigenvalue weighted by Crippen LogP contribution is 2.29. The Hall–Kier alpha value is -0.820. The molecule has 5 nitrogen and oxygen atoms in total. The number of amides is 1. The molecule has 1 aromatic carbocycles. The van der Waals surface area contributed by atoms with Crippen molar-refractivity contribution >= 4 is 39.1 Å². The van der Waals surface area contributed by atoms with Crippen LogP contribution in [0, 0.1) is 5.92 Å². The molecule has 0 saturated carbocycles. The van der Waals surface area contributed by atoms with E-state index in [0.29, 0.717) is 0 Å². The SMILES string of the molecule is CCC(NC(=O)c1cc(S(N)(=O)=O)cc(Cl)c1Cl)C(C)C. The first-order chi connectivity index (χ1) is 9.57. The van der Waals surface area contributed by atoms with Crippen molar-refractivity contribution in [3.63, 3.8) is 0 Å². The molecular formula is C13H18Cl2N2O3S. The second kappa shape index (κ2) is 6.96. The standard InChI is InChI=1S/C13H18Cl2N2O3S/c1-4-11(7(2)3)17-13(18)9-5-8(21(16,19)20)6-10(14)12(9)15/h5-7,11H,4H2,1-3H3,(H,17,18)(H2,16,19,20). The van der Waals surface area contributed by atoms with Gasteiger partial charge in [-0.25, -0.2) is 13.6 Å². The van der Waals surface area contributed by atoms with Gasteiger partial charge in [0.05, 0.1) is 20.5 Å². The maximum Gasteiger partial charge on any atom is 0.253 e. The number of carbonyl (C=O) groups excluding carboxylic acids is 1. The van der Waals surface area contributed by atoms with Gasteiger partial charge in [-0.2, -0.15) is 0 Å². The number of hydrogen-bond donors (Lipinski definition) is 2. The molecule has 0 fully saturated rings. The summed E-state index contributed by atoms with van der Waals surface area (Å²) >= 11 is 11.9. The summed E-state index contributed by atoms with van der Waals surface area (Å²) in [6.45, 7) is 5.90. The highest BCUT2D eigenvalue weighted by Gasteiger charge is 2.21. The first kappa shape index (κ1) is 18.2. The number of nitrogens with two attached hydrogens (primary N) is 1. The molecule has 3 N–H and O–H groups in total. The topological polar surface area (TPSA) is 89.3 Å². The maximum absolute atomic E-state index is 12.3. The van der Waals surface area contributed by atoms with Crippen molar-refractivity contribution in [1.29, 1.82) is 0 Å². The van der Waals surface area contributed by atoms with Gasteiger partial charge in [-0.1, -0.05) is 44.0 Å². The Morgan fingerprint density at radius 1 is 1.33 bits per heavy atom. The Labute approximate surface area is 134 Å². The molecule has 0 aromatic heterocycles. The normalized spacial score (nSPS) is 13.3. The molecular weight excluding hydrogens is 335 g/mol. The minimum Gasteiger partial charge on any atom is -0.349 e. The predicted molar refractivity (Wildman–Crippen MR) is 84.2 cm³/mol. The van der Waals surface area contributed by atoms with E-state index >= 15 is 0 Å². The maximum atomic E-state index is 12.3. The van der Waals surface area contributed by atoms with Crippen LogP contribution in [0.4, 0.5) is 0 Å². The highest BCUT2D eigenvalue weighted by molar-refractivity contribution is 7.89. The summed E-state index contributed by atoms with van der Waals surface area (Å²) in [5.74, 6) is -0.248. The van der Waals surface area contributed by atoms with E-state index in [-0.39, 0.29) is 32.5 Å². The fourth-order valence-electron chi connectivity index (χ4n) is 1.88. The van der Waals surface area contributed by atoms with E-state index in [9.17, 15) is 13.2 Å². The minimum atomic E-state index is -3.97. The molecule has 1 unspecified atom stereocenters. The van der Waals surface area contributed by atoms with Crippen LogP contribution in [0.2, 0.25) is 10.0 Å². The zero-order chi connectivity index (χ0) is 16.4. The highest BCUT2D eigenvalue weighted by atomic mass is 35.5. The van der Waals surface area contributed by atoms with Crippen LogP contribution in [0.1, 0.15) is 37.6 Å². The predicted octanol–water partition coefficient (Wildman–Crippen LogP) is 2.81. The van der Waals surface area contributed by atoms with Gasteiger partial charge in [-0.3, -0.25) is 4.79 Å². The van der Waals surface area contributed by atoms with Crippen molar-refractivity contribution in [2.45, 2.75) is 38.1 Å². The van der Waals surface area contributed by atoms with Gasteiger partial charge < -0.3 is 5.32 Å². The summed E-state index contributed by atoms with van der Waals surface area (Å²) in [6, 6.07) is 2.20. The number of halogens is 2. The van der Waals surface area contributed by atoms with Crippen molar-refractivity contribution in [2.24, 2.45) is 11.1 Å². The molecule has 21 heavy (non-hydrogen) atoms. The monoisotopic (exact) mass is 352 g/mol. The fourth-order valence-corrected chi connectivity index (χ4v) is 2.92. The van der Waals surface area contributed by atoms with Crippen LogP contribution >= 0.6 is 23.2 Å². The van der Waals surface area contributed by atoms with Crippen LogP contribution < -0.4 is 10.5 Å². The lowest BCUT2D eigenvalue weighted by molar-refractivity contribution is 0.0924. The number of hydrogen-bond acceptors (Lipinski definition) is 3. The molecule has 1 rings (SSSR count). The van der Waals surface area contributed by atoms with Gasteiger partial charge in [0.1, 0.15) is 0 Å². The lowest BCUT2D eigenvalue weighted by Crippen LogP contribution is -2.38. The van der Waals surface area contributed by atoms with Crippen LogP contribution in [-0.4, -0.2) is 20.4 Å². The zero-order valence-corrected chi connectivity index (χ0v) is 14.3. The summed E-state index contributed by atoms with van der Waals surface area (Å²) in [5, 5.41) is 7.83. The Morgan fingerprint density at radius 2 is 1.90 bits per heavy atom. The van der Waals surface area contributed by atoms with Gasteiger partial charge in [0.15, 0.2) is 0 Å². The number of benzene rings is 1. The minimum absolute atomic E-state index is 0.000163. The summed E-state index contributed by atoms with van der Waals surface area (Å²) in [4.78, 5) is 12.0. The Balaban J connectivity index is 3.24. The Morgan fingerprint density at radius 3 is 2.33 bits per heavy atom. The fraction of sp³-hybridized carbons (Fsp3) is 0.462. The third kappa shape index (κ3) is 4.57. The molecule has 8 heteroatoms. The molecule has 1 amide bonds. The first-order valence-corrected chi connectivity index (χ1v) is 8.70. The molecule has 0 radical (unpaired) electrons. The van der Waals surface area contributed by atoms with Crippen LogP contribution in [0.5, 0.6) is 0 Å². The Bertz CT molecular complexity index is 645. The summed E-state index contributed by atoms with van der Waals surface area (Å²) in [6.07, 6.45) is 0.740. The number of carbonyl (C=O) groups is 1. The van der Waals surface area contributed by atoms with Crippen LogP contribution in [0.15, 0.2) is 17.0 Å². The largest absolute Gasteiger partial charge is 0.349 e. The number of rotatable bonds is 5. The van der Waals surface area contributed by atoms with E-state index in [4.69, 9.17) is 28.3 Å². The van der Waals surface area contributed by atoms with Crippen molar-refractivity contribution in [3.05, 3.63) is 27.7 Å². The van der Waals surface area contributed by atoms with Gasteiger partial charge in [0, 0.05) is 6.04 Å². The van der Waals surface area contributed by atoms with Crippen molar-refractivity contribution in [2.75, 3.05) is 0 Å². The van der Waals surface area contributed by atoms with E-state index in [1.54, 1.807) is 0 Å². The second-order valence-corrected chi connectivity index (χ2v) is 7.39. The average Bonchev–Trinajstić information content (AvgIpc) is 2.36. The third-order valence-electron chi connectivity index (χ3n) is 3.14. The molecule has 0 aliphatic rings. The van der Waals surface area contributed by atoms with Gasteiger partial charge in [0.2, 0.25) is 10.0 Å². The van der Waals surface area contributed by atoms with E-state index in [1.807, 2.05) is 20.8 Å². The van der Waals surface area contributed by atoms with Crippen LogP contribution in [0.3, 0.4) is 0 Å². The molecule has 0 saturated heterocycles. The molecule has 0 aliphatic heterocycles. The quantitative estimate of drug-likeness (QED) is 0.853. The average molecular weight is 353 g/mol.